The number of piperidine rings is 1. The summed E-state index contributed by atoms with van der Waals surface area (Å²) in [6.45, 7) is 12.5. The zero-order chi connectivity index (χ0) is 30.6. The molecule has 240 valence electrons. The van der Waals surface area contributed by atoms with E-state index in [0.29, 0.717) is 54.1 Å². The van der Waals surface area contributed by atoms with Gasteiger partial charge >= 0.3 is 6.09 Å². The smallest absolute Gasteiger partial charge is 0.407 e. The first-order chi connectivity index (χ1) is 21.2. The summed E-state index contributed by atoms with van der Waals surface area (Å²) >= 11 is 0. The van der Waals surface area contributed by atoms with E-state index < -0.39 is 0 Å². The van der Waals surface area contributed by atoms with Gasteiger partial charge in [0.05, 0.1) is 11.7 Å². The van der Waals surface area contributed by atoms with Gasteiger partial charge in [-0.1, -0.05) is 62.2 Å². The number of hydrogen-bond donors (Lipinski definition) is 1. The van der Waals surface area contributed by atoms with Gasteiger partial charge in [0.1, 0.15) is 12.4 Å². The topological polar surface area (TPSA) is 67.9 Å². The van der Waals surface area contributed by atoms with Crippen LogP contribution < -0.4 is 5.32 Å². The van der Waals surface area contributed by atoms with Crippen molar-refractivity contribution in [3.63, 3.8) is 0 Å². The Morgan fingerprint density at radius 1 is 1.11 bits per heavy atom. The summed E-state index contributed by atoms with van der Waals surface area (Å²) in [5, 5.41) is 3.01. The second kappa shape index (κ2) is 11.9. The lowest BCUT2D eigenvalue weighted by molar-refractivity contribution is -0.129. The van der Waals surface area contributed by atoms with Crippen LogP contribution in [0.5, 0.6) is 0 Å². The summed E-state index contributed by atoms with van der Waals surface area (Å²) in [4.78, 5) is 27.4. The molecular weight excluding hydrogens is 548 g/mol. The number of ether oxygens (including phenoxy) is 2. The Morgan fingerprint density at radius 3 is 2.75 bits per heavy atom. The van der Waals surface area contributed by atoms with E-state index in [4.69, 9.17) is 9.47 Å². The van der Waals surface area contributed by atoms with Crippen LogP contribution in [-0.2, 0) is 20.9 Å². The van der Waals surface area contributed by atoms with E-state index >= 15 is 0 Å². The second-order valence-electron chi connectivity index (χ2n) is 15.9. The van der Waals surface area contributed by atoms with Crippen LogP contribution in [0.2, 0.25) is 0 Å². The monoisotopic (exact) mass is 602 g/mol. The molecule has 6 aliphatic rings. The van der Waals surface area contributed by atoms with Crippen molar-refractivity contribution in [3.05, 3.63) is 47.0 Å². The molecule has 1 aromatic carbocycles. The van der Waals surface area contributed by atoms with Crippen LogP contribution in [-0.4, -0.2) is 54.2 Å². The highest BCUT2D eigenvalue weighted by atomic mass is 16.5. The Balaban J connectivity index is 1.02. The molecule has 1 aromatic rings. The van der Waals surface area contributed by atoms with Gasteiger partial charge in [-0.15, -0.1) is 0 Å². The summed E-state index contributed by atoms with van der Waals surface area (Å²) in [5.41, 5.74) is 4.64. The SMILES string of the molecule is CC1=C2C[C@H]3[C@@H](CC[C@@H]4CC(=O)CC[C@@]43C)[C@@H]2CC[C@@]2(C1)O[C@@H]1C[C@H](C)CN(CCNC(=O)OCc3ccccc3)[C@H]1[C@H]2C. The number of carbonyl (C=O) groups is 2. The Hall–Kier alpha value is -2.18. The summed E-state index contributed by atoms with van der Waals surface area (Å²) in [6, 6.07) is 10.2. The molecule has 1 spiro atoms. The zero-order valence-electron chi connectivity index (χ0n) is 27.5. The van der Waals surface area contributed by atoms with Crippen LogP contribution in [0.1, 0.15) is 97.5 Å². The van der Waals surface area contributed by atoms with Crippen LogP contribution in [0.25, 0.3) is 0 Å². The van der Waals surface area contributed by atoms with Gasteiger partial charge in [0.2, 0.25) is 0 Å². The number of amides is 1. The quantitative estimate of drug-likeness (QED) is 0.358. The zero-order valence-corrected chi connectivity index (χ0v) is 27.5. The molecule has 0 bridgehead atoms. The standard InChI is InChI=1S/C38H54N2O4/c1-24-18-34-35(40(22-24)17-16-39-36(42)43-23-27-8-6-5-7-9-27)26(3)38(44-34)15-13-30-31-11-10-28-19-29(41)12-14-37(28,4)33(31)20-32(30)25(2)21-38/h5-9,24,26,28,30-31,33-35H,10-23H2,1-4H3,(H,39,42)/t24-,26+,28+,30-,31-,33-,34+,35-,37-,38-/m0/s1. The molecule has 2 saturated heterocycles. The number of ketones is 1. The van der Waals surface area contributed by atoms with Crippen molar-refractivity contribution >= 4 is 11.9 Å². The molecule has 2 heterocycles. The highest BCUT2D eigenvalue weighted by Crippen LogP contribution is 2.65. The summed E-state index contributed by atoms with van der Waals surface area (Å²) in [6.07, 6.45) is 11.1. The Morgan fingerprint density at radius 2 is 1.93 bits per heavy atom. The van der Waals surface area contributed by atoms with E-state index in [1.54, 1.807) is 11.1 Å². The van der Waals surface area contributed by atoms with Crippen molar-refractivity contribution in [2.75, 3.05) is 19.6 Å². The molecule has 4 aliphatic carbocycles. The number of carbonyl (C=O) groups excluding carboxylic acids is 2. The molecule has 0 unspecified atom stereocenters. The van der Waals surface area contributed by atoms with Gasteiger partial charge in [0.15, 0.2) is 0 Å². The molecule has 6 heteroatoms. The van der Waals surface area contributed by atoms with Crippen molar-refractivity contribution in [2.24, 2.45) is 40.9 Å². The minimum atomic E-state index is -0.346. The highest BCUT2D eigenvalue weighted by Gasteiger charge is 2.60. The third-order valence-corrected chi connectivity index (χ3v) is 13.5. The van der Waals surface area contributed by atoms with Crippen molar-refractivity contribution in [1.29, 1.82) is 0 Å². The fourth-order valence-electron chi connectivity index (χ4n) is 11.3. The predicted octanol–water partition coefficient (Wildman–Crippen LogP) is 7.32. The number of fused-ring (bicyclic) bond motifs is 6. The maximum Gasteiger partial charge on any atom is 0.407 e. The molecule has 6 nitrogen and oxygen atoms in total. The van der Waals surface area contributed by atoms with Gasteiger partial charge < -0.3 is 14.8 Å². The van der Waals surface area contributed by atoms with Gasteiger partial charge in [0.25, 0.3) is 0 Å². The number of allylic oxidation sites excluding steroid dienone is 1. The largest absolute Gasteiger partial charge is 0.445 e. The van der Waals surface area contributed by atoms with Crippen LogP contribution >= 0.6 is 0 Å². The molecule has 0 aromatic heterocycles. The summed E-state index contributed by atoms with van der Waals surface area (Å²) in [5.74, 6) is 4.38. The normalized spacial score (nSPS) is 41.9. The number of nitrogens with one attached hydrogen (secondary N) is 1. The van der Waals surface area contributed by atoms with Gasteiger partial charge in [-0.3, -0.25) is 9.69 Å². The Labute approximate surface area is 264 Å². The highest BCUT2D eigenvalue weighted by molar-refractivity contribution is 5.79. The van der Waals surface area contributed by atoms with Crippen molar-refractivity contribution in [2.45, 2.75) is 116 Å². The predicted molar refractivity (Wildman–Crippen MR) is 172 cm³/mol. The van der Waals surface area contributed by atoms with Crippen molar-refractivity contribution in [1.82, 2.24) is 10.2 Å². The van der Waals surface area contributed by atoms with Crippen LogP contribution in [0.15, 0.2) is 41.5 Å². The number of Topliss-reactive ketones (excluding diaryl/α,β-unsaturated/α-hetero) is 1. The van der Waals surface area contributed by atoms with E-state index in [0.717, 1.165) is 69.0 Å². The first-order valence-corrected chi connectivity index (χ1v) is 17.7. The first kappa shape index (κ1) is 30.5. The Kier molecular flexibility index (Phi) is 8.23. The van der Waals surface area contributed by atoms with E-state index in [9.17, 15) is 9.59 Å². The lowest BCUT2D eigenvalue weighted by Gasteiger charge is -2.52. The maximum atomic E-state index is 12.4. The molecule has 7 rings (SSSR count). The third kappa shape index (κ3) is 5.36. The van der Waals surface area contributed by atoms with Crippen LogP contribution in [0.3, 0.4) is 0 Å². The molecule has 5 fully saturated rings. The van der Waals surface area contributed by atoms with Gasteiger partial charge in [-0.2, -0.15) is 0 Å². The van der Waals surface area contributed by atoms with E-state index in [-0.39, 0.29) is 17.8 Å². The van der Waals surface area contributed by atoms with Gasteiger partial charge in [-0.05, 0) is 98.9 Å². The minimum Gasteiger partial charge on any atom is -0.445 e. The molecule has 44 heavy (non-hydrogen) atoms. The average Bonchev–Trinajstić information content (AvgIpc) is 3.47. The van der Waals surface area contributed by atoms with Gasteiger partial charge in [-0.25, -0.2) is 4.79 Å². The molecule has 1 N–H and O–H groups in total. The number of hydrogen-bond acceptors (Lipinski definition) is 5. The van der Waals surface area contributed by atoms with Crippen LogP contribution in [0.4, 0.5) is 4.79 Å². The molecule has 3 saturated carbocycles. The molecule has 10 atom stereocenters. The number of likely N-dealkylation sites (tertiary alicyclic amines) is 1. The first-order valence-electron chi connectivity index (χ1n) is 17.7. The van der Waals surface area contributed by atoms with E-state index in [1.807, 2.05) is 30.3 Å². The lowest BCUT2D eigenvalue weighted by atomic mass is 9.52. The fraction of sp³-hybridized carbons (Fsp3) is 0.737. The minimum absolute atomic E-state index is 0.0883. The summed E-state index contributed by atoms with van der Waals surface area (Å²) in [7, 11) is 0. The lowest BCUT2D eigenvalue weighted by Crippen LogP contribution is -2.53. The van der Waals surface area contributed by atoms with Crippen LogP contribution in [0, 0.1) is 40.9 Å². The third-order valence-electron chi connectivity index (χ3n) is 13.5. The Bertz CT molecular complexity index is 1280. The molecular formula is C38H54N2O4. The molecule has 2 aliphatic heterocycles. The fourth-order valence-corrected chi connectivity index (χ4v) is 11.3. The summed E-state index contributed by atoms with van der Waals surface area (Å²) < 4.78 is 12.7. The van der Waals surface area contributed by atoms with Gasteiger partial charge in [0, 0.05) is 44.4 Å². The van der Waals surface area contributed by atoms with Crippen molar-refractivity contribution < 1.29 is 19.1 Å². The molecule has 0 radical (unpaired) electrons. The number of alkyl carbamates (subject to hydrolysis) is 1. The van der Waals surface area contributed by atoms with E-state index in [2.05, 4.69) is 37.9 Å². The second-order valence-corrected chi connectivity index (χ2v) is 15.9. The average molecular weight is 603 g/mol. The molecule has 1 amide bonds. The number of nitrogens with zero attached hydrogens (tertiary/aromatic N) is 1. The van der Waals surface area contributed by atoms with E-state index in [1.165, 1.54) is 25.7 Å². The maximum absolute atomic E-state index is 12.4. The number of benzene rings is 1. The number of rotatable bonds is 5. The van der Waals surface area contributed by atoms with Crippen molar-refractivity contribution in [3.8, 4) is 0 Å².